The van der Waals surface area contributed by atoms with Gasteiger partial charge in [0.05, 0.1) is 6.54 Å². The lowest BCUT2D eigenvalue weighted by Gasteiger charge is -2.36. The summed E-state index contributed by atoms with van der Waals surface area (Å²) in [4.78, 5) is 1.69. The minimum atomic E-state index is -2.51. The first-order valence-electron chi connectivity index (χ1n) is 4.82. The van der Waals surface area contributed by atoms with Crippen LogP contribution in [0.2, 0.25) is 0 Å². The molecule has 1 fully saturated rings. The molecule has 0 amide bonds. The Morgan fingerprint density at radius 2 is 2.23 bits per heavy atom. The van der Waals surface area contributed by atoms with Gasteiger partial charge in [-0.25, -0.2) is 8.78 Å². The van der Waals surface area contributed by atoms with Crippen LogP contribution in [0.15, 0.2) is 0 Å². The van der Waals surface area contributed by atoms with Gasteiger partial charge < -0.3 is 10.6 Å². The van der Waals surface area contributed by atoms with Crippen LogP contribution in [-0.2, 0) is 0 Å². The quantitative estimate of drug-likeness (QED) is 0.730. The zero-order chi connectivity index (χ0) is 9.90. The summed E-state index contributed by atoms with van der Waals surface area (Å²) in [5.41, 5.74) is 5.31. The van der Waals surface area contributed by atoms with Crippen LogP contribution in [0.4, 0.5) is 8.78 Å². The molecule has 1 saturated heterocycles. The van der Waals surface area contributed by atoms with Crippen LogP contribution in [0, 0.1) is 5.92 Å². The van der Waals surface area contributed by atoms with Crippen molar-refractivity contribution < 1.29 is 8.78 Å². The number of nitrogens with two attached hydrogens (primary N) is 1. The molecule has 1 heterocycles. The molecule has 1 rings (SSSR count). The third-order valence-electron chi connectivity index (χ3n) is 2.69. The van der Waals surface area contributed by atoms with Crippen molar-refractivity contribution >= 4 is 0 Å². The summed E-state index contributed by atoms with van der Waals surface area (Å²) in [7, 11) is 1.74. The van der Waals surface area contributed by atoms with Crippen molar-refractivity contribution in [2.24, 2.45) is 11.7 Å². The highest BCUT2D eigenvalue weighted by molar-refractivity contribution is 4.85. The molecule has 13 heavy (non-hydrogen) atoms. The molecule has 0 spiro atoms. The fraction of sp³-hybridized carbons (Fsp3) is 1.00. The standard InChI is InChI=1S/C9H18F2N2/c1-13-6-4-8(3-2-5-12)9(10,11)7-13/h8H,2-7,12H2,1H3. The van der Waals surface area contributed by atoms with Gasteiger partial charge in [0.15, 0.2) is 0 Å². The topological polar surface area (TPSA) is 29.3 Å². The summed E-state index contributed by atoms with van der Waals surface area (Å²) in [6, 6.07) is 0. The molecule has 2 N–H and O–H groups in total. The number of halogens is 2. The van der Waals surface area contributed by atoms with Crippen molar-refractivity contribution in [2.45, 2.75) is 25.2 Å². The van der Waals surface area contributed by atoms with Crippen molar-refractivity contribution in [3.05, 3.63) is 0 Å². The average Bonchev–Trinajstić information content (AvgIpc) is 2.01. The van der Waals surface area contributed by atoms with Gasteiger partial charge in [-0.3, -0.25) is 0 Å². The number of hydrogen-bond donors (Lipinski definition) is 1. The van der Waals surface area contributed by atoms with E-state index in [-0.39, 0.29) is 6.54 Å². The van der Waals surface area contributed by atoms with E-state index in [1.165, 1.54) is 0 Å². The maximum atomic E-state index is 13.4. The molecule has 2 nitrogen and oxygen atoms in total. The van der Waals surface area contributed by atoms with Gasteiger partial charge >= 0.3 is 0 Å². The van der Waals surface area contributed by atoms with E-state index in [1.807, 2.05) is 0 Å². The molecule has 1 aliphatic rings. The first-order chi connectivity index (χ1) is 6.06. The summed E-state index contributed by atoms with van der Waals surface area (Å²) in [5, 5.41) is 0. The van der Waals surface area contributed by atoms with E-state index in [1.54, 1.807) is 11.9 Å². The highest BCUT2D eigenvalue weighted by atomic mass is 19.3. The third-order valence-corrected chi connectivity index (χ3v) is 2.69. The first kappa shape index (κ1) is 10.9. The van der Waals surface area contributed by atoms with E-state index < -0.39 is 11.8 Å². The summed E-state index contributed by atoms with van der Waals surface area (Å²) in [6.07, 6.45) is 1.88. The minimum absolute atomic E-state index is 0.0950. The van der Waals surface area contributed by atoms with Crippen molar-refractivity contribution in [1.82, 2.24) is 4.90 Å². The molecule has 0 bridgehead atoms. The molecular formula is C9H18F2N2. The van der Waals surface area contributed by atoms with Crippen LogP contribution in [0.25, 0.3) is 0 Å². The van der Waals surface area contributed by atoms with E-state index >= 15 is 0 Å². The number of likely N-dealkylation sites (tertiary alicyclic amines) is 1. The molecule has 0 saturated carbocycles. The van der Waals surface area contributed by atoms with Crippen LogP contribution >= 0.6 is 0 Å². The van der Waals surface area contributed by atoms with E-state index in [0.717, 1.165) is 6.54 Å². The Balaban J connectivity index is 2.44. The van der Waals surface area contributed by atoms with Crippen molar-refractivity contribution in [3.63, 3.8) is 0 Å². The highest BCUT2D eigenvalue weighted by Gasteiger charge is 2.42. The molecule has 1 unspecified atom stereocenters. The molecule has 1 aliphatic heterocycles. The van der Waals surface area contributed by atoms with Crippen LogP contribution in [0.5, 0.6) is 0 Å². The number of rotatable bonds is 3. The number of nitrogens with zero attached hydrogens (tertiary/aromatic N) is 1. The second-order valence-corrected chi connectivity index (χ2v) is 3.92. The van der Waals surface area contributed by atoms with Crippen molar-refractivity contribution in [2.75, 3.05) is 26.7 Å². The Morgan fingerprint density at radius 1 is 1.54 bits per heavy atom. The second-order valence-electron chi connectivity index (χ2n) is 3.92. The number of hydrogen-bond acceptors (Lipinski definition) is 2. The van der Waals surface area contributed by atoms with Gasteiger partial charge in [0.1, 0.15) is 0 Å². The zero-order valence-corrected chi connectivity index (χ0v) is 8.10. The normalized spacial score (nSPS) is 29.1. The Labute approximate surface area is 78.1 Å². The first-order valence-corrected chi connectivity index (χ1v) is 4.82. The molecular weight excluding hydrogens is 174 g/mol. The minimum Gasteiger partial charge on any atom is -0.330 e. The van der Waals surface area contributed by atoms with Gasteiger partial charge in [-0.15, -0.1) is 0 Å². The molecule has 0 aromatic carbocycles. The van der Waals surface area contributed by atoms with E-state index in [4.69, 9.17) is 5.73 Å². The SMILES string of the molecule is CN1CCC(CCCN)C(F)(F)C1. The maximum absolute atomic E-state index is 13.4. The Hall–Kier alpha value is -0.220. The van der Waals surface area contributed by atoms with Crippen LogP contribution in [0.3, 0.4) is 0 Å². The molecule has 0 aromatic rings. The predicted molar refractivity (Wildman–Crippen MR) is 48.8 cm³/mol. The summed E-state index contributed by atoms with van der Waals surface area (Å²) < 4.78 is 26.7. The summed E-state index contributed by atoms with van der Waals surface area (Å²) in [5.74, 6) is -2.96. The molecule has 0 radical (unpaired) electrons. The fourth-order valence-corrected chi connectivity index (χ4v) is 1.88. The van der Waals surface area contributed by atoms with Crippen LogP contribution in [0.1, 0.15) is 19.3 Å². The number of alkyl halides is 2. The third kappa shape index (κ3) is 2.88. The van der Waals surface area contributed by atoms with Gasteiger partial charge in [-0.05, 0) is 39.4 Å². The van der Waals surface area contributed by atoms with Gasteiger partial charge in [-0.2, -0.15) is 0 Å². The average molecular weight is 192 g/mol. The monoisotopic (exact) mass is 192 g/mol. The van der Waals surface area contributed by atoms with E-state index in [0.29, 0.717) is 25.8 Å². The molecule has 78 valence electrons. The molecule has 0 aromatic heterocycles. The zero-order valence-electron chi connectivity index (χ0n) is 8.10. The number of piperidine rings is 1. The van der Waals surface area contributed by atoms with Gasteiger partial charge in [0.25, 0.3) is 5.92 Å². The second kappa shape index (κ2) is 4.33. The largest absolute Gasteiger partial charge is 0.330 e. The van der Waals surface area contributed by atoms with Gasteiger partial charge in [0, 0.05) is 5.92 Å². The Bertz CT molecular complexity index is 160. The Kier molecular flexibility index (Phi) is 3.62. The highest BCUT2D eigenvalue weighted by Crippen LogP contribution is 2.34. The fourth-order valence-electron chi connectivity index (χ4n) is 1.88. The van der Waals surface area contributed by atoms with Gasteiger partial charge in [0.2, 0.25) is 0 Å². The van der Waals surface area contributed by atoms with Crippen LogP contribution < -0.4 is 5.73 Å². The molecule has 4 heteroatoms. The molecule has 0 aliphatic carbocycles. The molecule has 1 atom stereocenters. The van der Waals surface area contributed by atoms with Crippen LogP contribution in [-0.4, -0.2) is 37.5 Å². The van der Waals surface area contributed by atoms with Crippen molar-refractivity contribution in [1.29, 1.82) is 0 Å². The summed E-state index contributed by atoms with van der Waals surface area (Å²) >= 11 is 0. The predicted octanol–water partition coefficient (Wildman–Crippen LogP) is 1.31. The smallest absolute Gasteiger partial charge is 0.263 e. The maximum Gasteiger partial charge on any atom is 0.263 e. The lowest BCUT2D eigenvalue weighted by Crippen LogP contribution is -2.46. The van der Waals surface area contributed by atoms with Crippen molar-refractivity contribution in [3.8, 4) is 0 Å². The Morgan fingerprint density at radius 3 is 2.77 bits per heavy atom. The van der Waals surface area contributed by atoms with Gasteiger partial charge in [-0.1, -0.05) is 0 Å². The van der Waals surface area contributed by atoms with E-state index in [2.05, 4.69) is 0 Å². The van der Waals surface area contributed by atoms with E-state index in [9.17, 15) is 8.78 Å². The lowest BCUT2D eigenvalue weighted by molar-refractivity contribution is -0.108. The summed E-state index contributed by atoms with van der Waals surface area (Å²) in [6.45, 7) is 1.20. The lowest BCUT2D eigenvalue weighted by atomic mass is 9.89.